The molecule has 5 nitrogen and oxygen atoms in total. The minimum Gasteiger partial charge on any atom is -0.458 e. The van der Waals surface area contributed by atoms with Gasteiger partial charge in [-0.3, -0.25) is 4.79 Å². The quantitative estimate of drug-likeness (QED) is 0.859. The summed E-state index contributed by atoms with van der Waals surface area (Å²) in [6, 6.07) is 10.1. The summed E-state index contributed by atoms with van der Waals surface area (Å²) in [7, 11) is 0. The number of rotatable bonds is 3. The molecule has 0 bridgehead atoms. The molecular formula is C20H25N3O2. The summed E-state index contributed by atoms with van der Waals surface area (Å²) >= 11 is 0. The van der Waals surface area contributed by atoms with Gasteiger partial charge in [-0.2, -0.15) is 0 Å². The van der Waals surface area contributed by atoms with Crippen molar-refractivity contribution in [2.75, 3.05) is 13.1 Å². The Kier molecular flexibility index (Phi) is 5.02. The molecule has 0 saturated carbocycles. The second kappa shape index (κ2) is 7.21. The summed E-state index contributed by atoms with van der Waals surface area (Å²) in [5.41, 5.74) is 2.04. The molecule has 1 saturated heterocycles. The Labute approximate surface area is 149 Å². The molecule has 0 spiro atoms. The lowest BCUT2D eigenvalue weighted by Gasteiger charge is -2.32. The number of piperidine rings is 1. The summed E-state index contributed by atoms with van der Waals surface area (Å²) < 4.78 is 5.82. The van der Waals surface area contributed by atoms with E-state index in [1.807, 2.05) is 29.2 Å². The number of benzene rings is 1. The van der Waals surface area contributed by atoms with Crippen molar-refractivity contribution in [2.45, 2.75) is 45.1 Å². The zero-order chi connectivity index (χ0) is 17.9. The van der Waals surface area contributed by atoms with Crippen LogP contribution in [0.4, 0.5) is 0 Å². The highest BCUT2D eigenvalue weighted by Gasteiger charge is 2.26. The van der Waals surface area contributed by atoms with Crippen molar-refractivity contribution in [3.63, 3.8) is 0 Å². The number of aromatic nitrogens is 2. The van der Waals surface area contributed by atoms with E-state index in [0.29, 0.717) is 12.6 Å². The number of likely N-dealkylation sites (tertiary alicyclic amines) is 1. The van der Waals surface area contributed by atoms with E-state index in [-0.39, 0.29) is 17.4 Å². The monoisotopic (exact) mass is 339 g/mol. The van der Waals surface area contributed by atoms with Crippen LogP contribution in [0.2, 0.25) is 0 Å². The Morgan fingerprint density at radius 3 is 2.48 bits per heavy atom. The molecular weight excluding hydrogens is 314 g/mol. The number of carbonyl (C=O) groups excluding carboxylic acids is 1. The first-order valence-corrected chi connectivity index (χ1v) is 8.77. The molecule has 132 valence electrons. The lowest BCUT2D eigenvalue weighted by atomic mass is 9.86. The van der Waals surface area contributed by atoms with E-state index in [2.05, 4.69) is 30.7 Å². The Morgan fingerprint density at radius 1 is 1.16 bits per heavy atom. The Hall–Kier alpha value is -2.43. The Bertz CT molecular complexity index is 708. The van der Waals surface area contributed by atoms with Crippen LogP contribution >= 0.6 is 0 Å². The number of ether oxygens (including phenoxy) is 1. The number of amides is 1. The predicted molar refractivity (Wildman–Crippen MR) is 96.7 cm³/mol. The van der Waals surface area contributed by atoms with Gasteiger partial charge in [0.05, 0.1) is 6.54 Å². The summed E-state index contributed by atoms with van der Waals surface area (Å²) in [4.78, 5) is 22.9. The van der Waals surface area contributed by atoms with E-state index in [0.717, 1.165) is 24.9 Å². The van der Waals surface area contributed by atoms with Crippen molar-refractivity contribution in [2.24, 2.45) is 0 Å². The van der Waals surface area contributed by atoms with Gasteiger partial charge in [-0.05, 0) is 42.0 Å². The molecule has 1 atom stereocenters. The second-order valence-electron chi connectivity index (χ2n) is 7.49. The number of nitrogens with zero attached hydrogens (tertiary/aromatic N) is 3. The molecule has 1 fully saturated rings. The van der Waals surface area contributed by atoms with Gasteiger partial charge < -0.3 is 9.64 Å². The highest BCUT2D eigenvalue weighted by Crippen LogP contribution is 2.23. The van der Waals surface area contributed by atoms with E-state index in [4.69, 9.17) is 4.74 Å². The van der Waals surface area contributed by atoms with Gasteiger partial charge in [0.25, 0.3) is 5.91 Å². The van der Waals surface area contributed by atoms with Crippen LogP contribution in [0.15, 0.2) is 42.7 Å². The summed E-state index contributed by atoms with van der Waals surface area (Å²) in [6.07, 6.45) is 5.08. The van der Waals surface area contributed by atoms with Crippen LogP contribution in [0.5, 0.6) is 6.01 Å². The molecule has 2 heterocycles. The van der Waals surface area contributed by atoms with Crippen LogP contribution in [-0.4, -0.2) is 40.0 Å². The second-order valence-corrected chi connectivity index (χ2v) is 7.49. The lowest BCUT2D eigenvalue weighted by Crippen LogP contribution is -2.44. The third-order valence-corrected chi connectivity index (χ3v) is 4.48. The lowest BCUT2D eigenvalue weighted by molar-refractivity contribution is 0.0516. The first-order chi connectivity index (χ1) is 11.9. The van der Waals surface area contributed by atoms with Gasteiger partial charge in [-0.15, -0.1) is 0 Å². The molecule has 2 aromatic rings. The van der Waals surface area contributed by atoms with Crippen molar-refractivity contribution in [3.8, 4) is 6.01 Å². The zero-order valence-electron chi connectivity index (χ0n) is 15.1. The van der Waals surface area contributed by atoms with Crippen molar-refractivity contribution in [1.82, 2.24) is 14.9 Å². The van der Waals surface area contributed by atoms with Crippen molar-refractivity contribution in [3.05, 3.63) is 53.9 Å². The number of hydrogen-bond donors (Lipinski definition) is 0. The maximum absolute atomic E-state index is 12.8. The van der Waals surface area contributed by atoms with E-state index in [1.165, 1.54) is 5.56 Å². The first-order valence-electron chi connectivity index (χ1n) is 8.77. The standard InChI is InChI=1S/C20H25N3O2/c1-20(2,3)16-9-7-15(8-10-16)18(24)23-13-4-6-17(14-23)25-19-21-11-5-12-22-19/h5,7-12,17H,4,6,13-14H2,1-3H3. The van der Waals surface area contributed by atoms with Gasteiger partial charge in [-0.1, -0.05) is 32.9 Å². The van der Waals surface area contributed by atoms with Gasteiger partial charge in [-0.25, -0.2) is 9.97 Å². The summed E-state index contributed by atoms with van der Waals surface area (Å²) in [5.74, 6) is 0.0581. The van der Waals surface area contributed by atoms with E-state index in [1.54, 1.807) is 18.5 Å². The highest BCUT2D eigenvalue weighted by molar-refractivity contribution is 5.94. The molecule has 1 aliphatic heterocycles. The van der Waals surface area contributed by atoms with E-state index in [9.17, 15) is 4.79 Å². The average Bonchev–Trinajstić information content (AvgIpc) is 2.61. The van der Waals surface area contributed by atoms with Crippen LogP contribution in [0.1, 0.15) is 49.5 Å². The summed E-state index contributed by atoms with van der Waals surface area (Å²) in [6.45, 7) is 7.83. The maximum Gasteiger partial charge on any atom is 0.316 e. The zero-order valence-corrected chi connectivity index (χ0v) is 15.1. The fourth-order valence-corrected chi connectivity index (χ4v) is 3.01. The van der Waals surface area contributed by atoms with Crippen LogP contribution < -0.4 is 4.74 Å². The van der Waals surface area contributed by atoms with Crippen molar-refractivity contribution < 1.29 is 9.53 Å². The van der Waals surface area contributed by atoms with Crippen molar-refractivity contribution in [1.29, 1.82) is 0 Å². The largest absolute Gasteiger partial charge is 0.458 e. The molecule has 1 aromatic carbocycles. The van der Waals surface area contributed by atoms with Gasteiger partial charge >= 0.3 is 6.01 Å². The molecule has 1 aliphatic rings. The molecule has 1 amide bonds. The van der Waals surface area contributed by atoms with E-state index < -0.39 is 0 Å². The molecule has 25 heavy (non-hydrogen) atoms. The Balaban J connectivity index is 1.65. The molecule has 1 aromatic heterocycles. The topological polar surface area (TPSA) is 55.3 Å². The van der Waals surface area contributed by atoms with Crippen LogP contribution in [-0.2, 0) is 5.41 Å². The van der Waals surface area contributed by atoms with Crippen LogP contribution in [0.3, 0.4) is 0 Å². The first kappa shape index (κ1) is 17.4. The van der Waals surface area contributed by atoms with Gasteiger partial charge in [0.1, 0.15) is 6.10 Å². The summed E-state index contributed by atoms with van der Waals surface area (Å²) in [5, 5.41) is 0. The molecule has 0 radical (unpaired) electrons. The highest BCUT2D eigenvalue weighted by atomic mass is 16.5. The van der Waals surface area contributed by atoms with Crippen LogP contribution in [0.25, 0.3) is 0 Å². The average molecular weight is 339 g/mol. The van der Waals surface area contributed by atoms with Crippen molar-refractivity contribution >= 4 is 5.91 Å². The molecule has 1 unspecified atom stereocenters. The molecule has 0 N–H and O–H groups in total. The number of hydrogen-bond acceptors (Lipinski definition) is 4. The molecule has 0 aliphatic carbocycles. The van der Waals surface area contributed by atoms with Gasteiger partial charge in [0, 0.05) is 24.5 Å². The Morgan fingerprint density at radius 2 is 1.84 bits per heavy atom. The predicted octanol–water partition coefficient (Wildman–Crippen LogP) is 3.46. The fourth-order valence-electron chi connectivity index (χ4n) is 3.01. The molecule has 5 heteroatoms. The normalized spacial score (nSPS) is 18.0. The SMILES string of the molecule is CC(C)(C)c1ccc(C(=O)N2CCCC(Oc3ncccn3)C2)cc1. The van der Waals surface area contributed by atoms with E-state index >= 15 is 0 Å². The third-order valence-electron chi connectivity index (χ3n) is 4.48. The number of carbonyl (C=O) groups is 1. The van der Waals surface area contributed by atoms with Crippen LogP contribution in [0, 0.1) is 0 Å². The minimum absolute atomic E-state index is 0.0581. The maximum atomic E-state index is 12.8. The van der Waals surface area contributed by atoms with Gasteiger partial charge in [0.2, 0.25) is 0 Å². The minimum atomic E-state index is -0.0612. The molecule has 3 rings (SSSR count). The fraction of sp³-hybridized carbons (Fsp3) is 0.450. The smallest absolute Gasteiger partial charge is 0.316 e. The third kappa shape index (κ3) is 4.35. The van der Waals surface area contributed by atoms with Gasteiger partial charge in [0.15, 0.2) is 0 Å².